The fourth-order valence-electron chi connectivity index (χ4n) is 4.72. The number of alkyl halides is 3. The Morgan fingerprint density at radius 2 is 1.81 bits per heavy atom. The lowest BCUT2D eigenvalue weighted by molar-refractivity contribution is -0.138. The molecule has 0 aromatic heterocycles. The van der Waals surface area contributed by atoms with Gasteiger partial charge in [-0.1, -0.05) is 18.2 Å². The van der Waals surface area contributed by atoms with Crippen LogP contribution in [0.25, 0.3) is 0 Å². The number of hydrogen-bond acceptors (Lipinski definition) is 3. The molecule has 0 spiro atoms. The number of nitrogens with zero attached hydrogens (tertiary/aromatic N) is 1. The van der Waals surface area contributed by atoms with Crippen LogP contribution in [0.4, 0.5) is 18.9 Å². The summed E-state index contributed by atoms with van der Waals surface area (Å²) in [6.07, 6.45) is -2.69. The highest BCUT2D eigenvalue weighted by atomic mass is 19.4. The Morgan fingerprint density at radius 1 is 1.16 bits per heavy atom. The van der Waals surface area contributed by atoms with E-state index in [4.69, 9.17) is 0 Å². The molecule has 170 valence electrons. The van der Waals surface area contributed by atoms with Gasteiger partial charge >= 0.3 is 6.18 Å². The topological polar surface area (TPSA) is 69.6 Å². The zero-order valence-corrected chi connectivity index (χ0v) is 18.1. The maximum absolute atomic E-state index is 13.3. The van der Waals surface area contributed by atoms with E-state index in [0.29, 0.717) is 17.7 Å². The fourth-order valence-corrected chi connectivity index (χ4v) is 4.72. The van der Waals surface area contributed by atoms with Crippen molar-refractivity contribution in [2.75, 3.05) is 5.32 Å². The van der Waals surface area contributed by atoms with Crippen molar-refractivity contribution in [1.29, 1.82) is 0 Å². The Hall–Kier alpha value is -2.87. The van der Waals surface area contributed by atoms with Crippen molar-refractivity contribution in [1.82, 2.24) is 4.90 Å². The normalized spacial score (nSPS) is 17.3. The standard InChI is InChI=1S/C24H25F3N2O3/c1-13-16(7-5-8-17(13)24(25,26)27)21(30)28-18-9-4-6-15-12-29(22(31)19(15)18)20(14-10-11-14)23(2,3)32/h4-9,14,20,32H,10-12H2,1-3H3,(H,28,30)/t20-/m1/s1. The second-order valence-corrected chi connectivity index (χ2v) is 9.14. The molecule has 1 heterocycles. The number of halogens is 3. The molecule has 4 rings (SSSR count). The second kappa shape index (κ2) is 7.62. The SMILES string of the molecule is Cc1c(C(=O)Nc2cccc3c2C(=O)N([C@H](C2CC2)C(C)(C)O)C3)cccc1C(F)(F)F. The summed E-state index contributed by atoms with van der Waals surface area (Å²) in [5, 5.41) is 13.3. The lowest BCUT2D eigenvalue weighted by Crippen LogP contribution is -2.51. The molecule has 0 radical (unpaired) electrons. The van der Waals surface area contributed by atoms with Gasteiger partial charge in [-0.2, -0.15) is 13.2 Å². The maximum Gasteiger partial charge on any atom is 0.416 e. The van der Waals surface area contributed by atoms with Crippen LogP contribution in [0.1, 0.15) is 64.1 Å². The van der Waals surface area contributed by atoms with Crippen LogP contribution in [0.15, 0.2) is 36.4 Å². The molecule has 2 aromatic rings. The molecule has 1 atom stereocenters. The Labute approximate surface area is 184 Å². The molecule has 0 bridgehead atoms. The van der Waals surface area contributed by atoms with Gasteiger partial charge in [-0.05, 0) is 68.9 Å². The van der Waals surface area contributed by atoms with E-state index in [1.54, 1.807) is 36.9 Å². The molecule has 32 heavy (non-hydrogen) atoms. The van der Waals surface area contributed by atoms with E-state index >= 15 is 0 Å². The number of rotatable bonds is 5. The molecule has 1 fully saturated rings. The number of benzene rings is 2. The quantitative estimate of drug-likeness (QED) is 0.695. The number of nitrogens with one attached hydrogen (secondary N) is 1. The molecule has 5 nitrogen and oxygen atoms in total. The van der Waals surface area contributed by atoms with Crippen LogP contribution in [-0.4, -0.2) is 33.5 Å². The van der Waals surface area contributed by atoms with Crippen molar-refractivity contribution < 1.29 is 27.9 Å². The maximum atomic E-state index is 13.3. The van der Waals surface area contributed by atoms with E-state index in [0.717, 1.165) is 18.9 Å². The van der Waals surface area contributed by atoms with Gasteiger partial charge in [0.2, 0.25) is 0 Å². The average Bonchev–Trinajstić information content (AvgIpc) is 3.44. The summed E-state index contributed by atoms with van der Waals surface area (Å²) in [5.41, 5.74) is -0.952. The first-order valence-electron chi connectivity index (χ1n) is 10.5. The zero-order chi connectivity index (χ0) is 23.4. The zero-order valence-electron chi connectivity index (χ0n) is 18.1. The number of anilines is 1. The van der Waals surface area contributed by atoms with E-state index in [1.165, 1.54) is 19.1 Å². The molecule has 8 heteroatoms. The van der Waals surface area contributed by atoms with Gasteiger partial charge in [0.15, 0.2) is 0 Å². The van der Waals surface area contributed by atoms with Gasteiger partial charge in [-0.15, -0.1) is 0 Å². The molecule has 0 saturated heterocycles. The monoisotopic (exact) mass is 446 g/mol. The number of carbonyl (C=O) groups excluding carboxylic acids is 2. The molecule has 0 unspecified atom stereocenters. The predicted octanol–water partition coefficient (Wildman–Crippen LogP) is 4.77. The van der Waals surface area contributed by atoms with Crippen LogP contribution in [0.5, 0.6) is 0 Å². The van der Waals surface area contributed by atoms with Crippen LogP contribution in [0.2, 0.25) is 0 Å². The number of amides is 2. The first-order chi connectivity index (χ1) is 14.9. The number of hydrogen-bond donors (Lipinski definition) is 2. The van der Waals surface area contributed by atoms with Crippen molar-refractivity contribution in [2.45, 2.75) is 58.0 Å². The number of carbonyl (C=O) groups is 2. The molecular weight excluding hydrogens is 421 g/mol. The fraction of sp³-hybridized carbons (Fsp3) is 0.417. The third-order valence-corrected chi connectivity index (χ3v) is 6.23. The van der Waals surface area contributed by atoms with Crippen LogP contribution in [0.3, 0.4) is 0 Å². The van der Waals surface area contributed by atoms with Crippen molar-refractivity contribution in [3.8, 4) is 0 Å². The first kappa shape index (κ1) is 22.3. The molecule has 2 aliphatic rings. The minimum Gasteiger partial charge on any atom is -0.388 e. The second-order valence-electron chi connectivity index (χ2n) is 9.14. The Bertz CT molecular complexity index is 1080. The van der Waals surface area contributed by atoms with Crippen molar-refractivity contribution in [2.24, 2.45) is 5.92 Å². The molecule has 1 aliphatic carbocycles. The number of aliphatic hydroxyl groups is 1. The lowest BCUT2D eigenvalue weighted by Gasteiger charge is -2.37. The molecule has 2 aromatic carbocycles. The van der Waals surface area contributed by atoms with Crippen LogP contribution < -0.4 is 5.32 Å². The summed E-state index contributed by atoms with van der Waals surface area (Å²) < 4.78 is 39.7. The molecular formula is C24H25F3N2O3. The molecule has 2 N–H and O–H groups in total. The molecule has 2 amide bonds. The first-order valence-corrected chi connectivity index (χ1v) is 10.5. The van der Waals surface area contributed by atoms with E-state index < -0.39 is 23.2 Å². The van der Waals surface area contributed by atoms with E-state index in [1.807, 2.05) is 0 Å². The summed E-state index contributed by atoms with van der Waals surface area (Å²) in [6.45, 7) is 4.94. The highest BCUT2D eigenvalue weighted by Gasteiger charge is 2.48. The van der Waals surface area contributed by atoms with E-state index in [2.05, 4.69) is 5.32 Å². The average molecular weight is 446 g/mol. The van der Waals surface area contributed by atoms with Crippen molar-refractivity contribution >= 4 is 17.5 Å². The summed E-state index contributed by atoms with van der Waals surface area (Å²) >= 11 is 0. The summed E-state index contributed by atoms with van der Waals surface area (Å²) in [5.74, 6) is -0.788. The minimum atomic E-state index is -4.57. The van der Waals surface area contributed by atoms with Gasteiger partial charge in [-0.25, -0.2) is 0 Å². The number of fused-ring (bicyclic) bond motifs is 1. The summed E-state index contributed by atoms with van der Waals surface area (Å²) in [6, 6.07) is 8.15. The largest absolute Gasteiger partial charge is 0.416 e. The third kappa shape index (κ3) is 3.99. The van der Waals surface area contributed by atoms with Crippen LogP contribution in [0, 0.1) is 12.8 Å². The Morgan fingerprint density at radius 3 is 2.41 bits per heavy atom. The van der Waals surface area contributed by atoms with Crippen molar-refractivity contribution in [3.05, 3.63) is 64.2 Å². The third-order valence-electron chi connectivity index (χ3n) is 6.23. The van der Waals surface area contributed by atoms with Gasteiger partial charge in [0.1, 0.15) is 0 Å². The molecule has 1 saturated carbocycles. The lowest BCUT2D eigenvalue weighted by atomic mass is 9.93. The predicted molar refractivity (Wildman–Crippen MR) is 113 cm³/mol. The van der Waals surface area contributed by atoms with Crippen LogP contribution >= 0.6 is 0 Å². The van der Waals surface area contributed by atoms with Gasteiger partial charge < -0.3 is 15.3 Å². The Balaban J connectivity index is 1.64. The van der Waals surface area contributed by atoms with Gasteiger partial charge in [0.25, 0.3) is 11.8 Å². The van der Waals surface area contributed by atoms with E-state index in [9.17, 15) is 27.9 Å². The minimum absolute atomic E-state index is 0.105. The van der Waals surface area contributed by atoms with E-state index in [-0.39, 0.29) is 34.7 Å². The Kier molecular flexibility index (Phi) is 5.32. The van der Waals surface area contributed by atoms with Crippen molar-refractivity contribution in [3.63, 3.8) is 0 Å². The summed E-state index contributed by atoms with van der Waals surface area (Å²) in [7, 11) is 0. The highest BCUT2D eigenvalue weighted by molar-refractivity contribution is 6.11. The van der Waals surface area contributed by atoms with Gasteiger partial charge in [-0.3, -0.25) is 9.59 Å². The van der Waals surface area contributed by atoms with Crippen LogP contribution in [-0.2, 0) is 12.7 Å². The van der Waals surface area contributed by atoms with Gasteiger partial charge in [0, 0.05) is 12.1 Å². The molecule has 1 aliphatic heterocycles. The summed E-state index contributed by atoms with van der Waals surface area (Å²) in [4.78, 5) is 27.8. The highest BCUT2D eigenvalue weighted by Crippen LogP contribution is 2.44. The smallest absolute Gasteiger partial charge is 0.388 e. The van der Waals surface area contributed by atoms with Gasteiger partial charge in [0.05, 0.1) is 28.5 Å².